The molecule has 3 aliphatic rings. The maximum Gasteiger partial charge on any atom is 0.422 e. The van der Waals surface area contributed by atoms with Gasteiger partial charge in [0.2, 0.25) is 11.7 Å². The number of nitrogens with zero attached hydrogens (tertiary/aromatic N) is 3. The predicted molar refractivity (Wildman–Crippen MR) is 92.7 cm³/mol. The van der Waals surface area contributed by atoms with Crippen molar-refractivity contribution in [3.63, 3.8) is 0 Å². The average Bonchev–Trinajstić information content (AvgIpc) is 3.02. The van der Waals surface area contributed by atoms with Gasteiger partial charge in [0.05, 0.1) is 6.54 Å². The first kappa shape index (κ1) is 23.1. The summed E-state index contributed by atoms with van der Waals surface area (Å²) in [5.74, 6) is -4.56. The third-order valence-electron chi connectivity index (χ3n) is 4.80. The number of amides is 1. The van der Waals surface area contributed by atoms with Crippen LogP contribution in [0.15, 0.2) is 4.99 Å². The molecule has 4 atom stereocenters. The lowest BCUT2D eigenvalue weighted by Gasteiger charge is -2.52. The van der Waals surface area contributed by atoms with Crippen LogP contribution in [0.1, 0.15) is 0 Å². The Kier molecular flexibility index (Phi) is 5.22. The van der Waals surface area contributed by atoms with Crippen LogP contribution in [0, 0.1) is 5.41 Å². The molecule has 1 spiro atoms. The van der Waals surface area contributed by atoms with E-state index in [1.54, 1.807) is 0 Å². The molecule has 3 aliphatic heterocycles. The topological polar surface area (TPSA) is 298 Å². The summed E-state index contributed by atoms with van der Waals surface area (Å²) in [6, 6.07) is -3.19. The number of aliphatic imine (C=N–C) groups is 1. The predicted octanol–water partition coefficient (Wildman–Crippen LogP) is -5.31. The number of nitrogens with one attached hydrogen (secondary N) is 3. The standard InChI is InChI=1S/C10H17N7O12S2/c11-6-13-5-3(2-28-8(18)15-30(22,23)24)17(21)7(12)16-1-4(29-31(25,26)27)10(19,20)9(5,16)14-6/h3-5,12,19-21H,1-2H2,(H,15,18)(H3,11,13,14)(H,22,23,24)(H,25,26,27)/t3-,4+,5-,9-/m0/s1. The second-order valence-corrected chi connectivity index (χ2v) is 8.81. The highest BCUT2D eigenvalue weighted by Crippen LogP contribution is 2.47. The fraction of sp³-hybridized carbons (Fsp3) is 0.700. The summed E-state index contributed by atoms with van der Waals surface area (Å²) in [7, 11) is -10.2. The minimum atomic E-state index is -5.20. The van der Waals surface area contributed by atoms with Gasteiger partial charge in [-0.1, -0.05) is 0 Å². The van der Waals surface area contributed by atoms with Crippen LogP contribution in [0.25, 0.3) is 0 Å². The Balaban J connectivity index is 1.96. The Bertz CT molecular complexity index is 1040. The fourth-order valence-electron chi connectivity index (χ4n) is 3.70. The summed E-state index contributed by atoms with van der Waals surface area (Å²) >= 11 is 0. The molecule has 3 heterocycles. The normalized spacial score (nSPS) is 32.1. The van der Waals surface area contributed by atoms with Crippen LogP contribution >= 0.6 is 0 Å². The van der Waals surface area contributed by atoms with Crippen molar-refractivity contribution in [3.05, 3.63) is 0 Å². The van der Waals surface area contributed by atoms with Gasteiger partial charge < -0.3 is 30.9 Å². The summed E-state index contributed by atoms with van der Waals surface area (Å²) < 4.78 is 71.0. The monoisotopic (exact) mass is 491 g/mol. The number of carbonyl (C=O) groups excluding carboxylic acids is 1. The lowest BCUT2D eigenvalue weighted by Crippen LogP contribution is -2.80. The van der Waals surface area contributed by atoms with E-state index in [2.05, 4.69) is 19.2 Å². The SMILES string of the molecule is N=C1N(O)[C@@H](COC(=O)NS(=O)(=O)O)[C@@H]2N=C(N)N[C@]23N1C[C@@H](OS(=O)(=O)O)C3(O)O. The molecular weight excluding hydrogens is 474 g/mol. The van der Waals surface area contributed by atoms with Gasteiger partial charge in [-0.15, -0.1) is 0 Å². The van der Waals surface area contributed by atoms with Gasteiger partial charge in [-0.05, 0) is 0 Å². The molecule has 0 saturated carbocycles. The number of carbonyl (C=O) groups is 1. The van der Waals surface area contributed by atoms with Gasteiger partial charge >= 0.3 is 26.8 Å². The van der Waals surface area contributed by atoms with Gasteiger partial charge in [0, 0.05) is 0 Å². The van der Waals surface area contributed by atoms with Crippen molar-refractivity contribution >= 4 is 38.7 Å². The van der Waals surface area contributed by atoms with E-state index in [0.29, 0.717) is 0 Å². The van der Waals surface area contributed by atoms with Crippen molar-refractivity contribution in [1.29, 1.82) is 5.41 Å². The Hall–Kier alpha value is -2.53. The Labute approximate surface area is 173 Å². The van der Waals surface area contributed by atoms with E-state index < -0.39 is 81.5 Å². The Morgan fingerprint density at radius 1 is 1.35 bits per heavy atom. The smallest absolute Gasteiger partial charge is 0.422 e. The van der Waals surface area contributed by atoms with Crippen LogP contribution in [0.3, 0.4) is 0 Å². The van der Waals surface area contributed by atoms with E-state index in [1.807, 2.05) is 0 Å². The van der Waals surface area contributed by atoms with Crippen LogP contribution in [-0.4, -0.2) is 112 Å². The van der Waals surface area contributed by atoms with E-state index in [0.717, 1.165) is 9.62 Å². The number of hydrogen-bond acceptors (Lipinski definition) is 14. The molecule has 2 saturated heterocycles. The van der Waals surface area contributed by atoms with E-state index in [4.69, 9.17) is 20.2 Å². The molecule has 19 nitrogen and oxygen atoms in total. The quantitative estimate of drug-likeness (QED) is 0.128. The molecule has 0 unspecified atom stereocenters. The van der Waals surface area contributed by atoms with Gasteiger partial charge in [-0.3, -0.25) is 19.7 Å². The van der Waals surface area contributed by atoms with E-state index in [9.17, 15) is 37.1 Å². The third kappa shape index (κ3) is 3.80. The molecule has 0 aromatic rings. The number of nitrogens with two attached hydrogens (primary N) is 1. The molecule has 31 heavy (non-hydrogen) atoms. The van der Waals surface area contributed by atoms with Crippen LogP contribution in [0.5, 0.6) is 0 Å². The highest BCUT2D eigenvalue weighted by Gasteiger charge is 2.76. The minimum absolute atomic E-state index is 0.166. The highest BCUT2D eigenvalue weighted by atomic mass is 32.3. The van der Waals surface area contributed by atoms with E-state index >= 15 is 0 Å². The first-order valence-electron chi connectivity index (χ1n) is 7.98. The summed E-state index contributed by atoms with van der Waals surface area (Å²) in [5, 5.41) is 42.4. The fourth-order valence-corrected chi connectivity index (χ4v) is 4.46. The number of hydrogen-bond donors (Lipinski definition) is 9. The molecule has 21 heteroatoms. The largest absolute Gasteiger partial charge is 0.446 e. The molecule has 0 bridgehead atoms. The zero-order chi connectivity index (χ0) is 23.6. The van der Waals surface area contributed by atoms with Crippen LogP contribution in [0.4, 0.5) is 4.79 Å². The van der Waals surface area contributed by atoms with Gasteiger partial charge in [0.15, 0.2) is 17.7 Å². The molecule has 0 radical (unpaired) electrons. The molecule has 0 aliphatic carbocycles. The second-order valence-electron chi connectivity index (χ2n) is 6.61. The second kappa shape index (κ2) is 6.99. The zero-order valence-corrected chi connectivity index (χ0v) is 16.6. The van der Waals surface area contributed by atoms with Crippen LogP contribution in [0.2, 0.25) is 0 Å². The number of guanidine groups is 2. The maximum atomic E-state index is 11.5. The summed E-state index contributed by atoms with van der Waals surface area (Å²) in [6.45, 7) is -1.70. The summed E-state index contributed by atoms with van der Waals surface area (Å²) in [5.41, 5.74) is 3.27. The molecule has 3 rings (SSSR count). The van der Waals surface area contributed by atoms with Crippen LogP contribution in [-0.2, 0) is 29.6 Å². The van der Waals surface area contributed by atoms with Crippen molar-refractivity contribution in [3.8, 4) is 0 Å². The minimum Gasteiger partial charge on any atom is -0.446 e. The zero-order valence-electron chi connectivity index (χ0n) is 15.0. The van der Waals surface area contributed by atoms with Crippen molar-refractivity contribution in [1.82, 2.24) is 20.0 Å². The lowest BCUT2D eigenvalue weighted by atomic mass is 9.85. The molecule has 0 aromatic carbocycles. The van der Waals surface area contributed by atoms with E-state index in [1.165, 1.54) is 0 Å². The van der Waals surface area contributed by atoms with Gasteiger partial charge in [-0.25, -0.2) is 19.0 Å². The van der Waals surface area contributed by atoms with Crippen molar-refractivity contribution in [2.24, 2.45) is 10.7 Å². The van der Waals surface area contributed by atoms with Crippen LogP contribution < -0.4 is 15.8 Å². The van der Waals surface area contributed by atoms with E-state index in [-0.39, 0.29) is 5.06 Å². The maximum absolute atomic E-state index is 11.5. The molecule has 176 valence electrons. The molecule has 2 fully saturated rings. The first-order valence-corrected chi connectivity index (χ1v) is 10.8. The number of ether oxygens (including phenoxy) is 1. The third-order valence-corrected chi connectivity index (χ3v) is 5.70. The van der Waals surface area contributed by atoms with Crippen molar-refractivity contribution in [2.45, 2.75) is 29.6 Å². The number of rotatable bonds is 5. The molecule has 1 amide bonds. The number of aliphatic hydroxyl groups is 2. The summed E-state index contributed by atoms with van der Waals surface area (Å²) in [4.78, 5) is 16.1. The molecule has 10 N–H and O–H groups in total. The number of hydroxylamine groups is 2. The summed E-state index contributed by atoms with van der Waals surface area (Å²) in [6.07, 6.45) is -3.78. The lowest BCUT2D eigenvalue weighted by molar-refractivity contribution is -0.265. The van der Waals surface area contributed by atoms with Crippen molar-refractivity contribution in [2.75, 3.05) is 13.2 Å². The first-order chi connectivity index (χ1) is 14.0. The van der Waals surface area contributed by atoms with Gasteiger partial charge in [0.25, 0.3) is 0 Å². The van der Waals surface area contributed by atoms with Gasteiger partial charge in [-0.2, -0.15) is 21.6 Å². The highest BCUT2D eigenvalue weighted by molar-refractivity contribution is 7.84. The Morgan fingerprint density at radius 3 is 2.52 bits per heavy atom. The average molecular weight is 491 g/mol. The Morgan fingerprint density at radius 2 is 1.97 bits per heavy atom. The molecular formula is C10H17N7O12S2. The van der Waals surface area contributed by atoms with Crippen molar-refractivity contribution < 1.29 is 55.1 Å². The van der Waals surface area contributed by atoms with Gasteiger partial charge in [0.1, 0.15) is 18.7 Å². The molecule has 0 aromatic heterocycles.